The predicted molar refractivity (Wildman–Crippen MR) is 166 cm³/mol. The molecule has 2 aliphatic rings. The predicted octanol–water partition coefficient (Wildman–Crippen LogP) is 5.12. The van der Waals surface area contributed by atoms with Crippen LogP contribution in [0.1, 0.15) is 42.5 Å². The fourth-order valence-corrected chi connectivity index (χ4v) is 6.66. The molecule has 0 spiro atoms. The number of benzene rings is 2. The summed E-state index contributed by atoms with van der Waals surface area (Å²) in [4.78, 5) is 45.5. The first-order valence-electron chi connectivity index (χ1n) is 13.8. The Hall–Kier alpha value is -3.80. The third-order valence-corrected chi connectivity index (χ3v) is 8.97. The second kappa shape index (κ2) is 12.6. The van der Waals surface area contributed by atoms with Crippen molar-refractivity contribution in [3.8, 4) is 17.0 Å². The summed E-state index contributed by atoms with van der Waals surface area (Å²) in [5.41, 5.74) is 0.454. The SMILES string of the molecule is Cl.O=C(Nc1nc(-c2ccc(F)cc2)c(N2CCN(C3CCCCC3)CC2)s1)c1ccc(Nc2c(O)c(=O)c2=O)cc1. The smallest absolute Gasteiger partial charge is 0.271 e. The number of rotatable bonds is 7. The molecule has 6 rings (SSSR count). The van der Waals surface area contributed by atoms with Gasteiger partial charge in [-0.05, 0) is 61.4 Å². The molecule has 3 N–H and O–H groups in total. The Bertz CT molecular complexity index is 1620. The van der Waals surface area contributed by atoms with E-state index in [9.17, 15) is 23.9 Å². The standard InChI is InChI=1S/C30H30FN5O4S.ClH/c31-20-10-6-18(7-11-20)23-29(36-16-14-35(15-17-36)22-4-2-1-3-5-22)41-30(33-23)34-28(40)19-8-12-21(13-9-19)32-24-25(37)27(39)26(24)38;/h6-13,22,32,37H,1-5,14-17H2,(H,33,34,40);1H. The van der Waals surface area contributed by atoms with Gasteiger partial charge in [-0.1, -0.05) is 30.6 Å². The lowest BCUT2D eigenvalue weighted by Gasteiger charge is -2.41. The highest BCUT2D eigenvalue weighted by atomic mass is 35.5. The second-order valence-corrected chi connectivity index (χ2v) is 11.5. The number of nitrogens with zero attached hydrogens (tertiary/aromatic N) is 3. The normalized spacial score (nSPS) is 16.3. The summed E-state index contributed by atoms with van der Waals surface area (Å²) >= 11 is 1.40. The highest BCUT2D eigenvalue weighted by Gasteiger charge is 2.28. The molecule has 9 nitrogen and oxygen atoms in total. The van der Waals surface area contributed by atoms with Gasteiger partial charge in [-0.2, -0.15) is 0 Å². The maximum atomic E-state index is 13.7. The summed E-state index contributed by atoms with van der Waals surface area (Å²) in [6.45, 7) is 3.66. The quantitative estimate of drug-likeness (QED) is 0.247. The molecule has 1 aromatic heterocycles. The Morgan fingerprint density at radius 3 is 2.24 bits per heavy atom. The zero-order valence-corrected chi connectivity index (χ0v) is 24.4. The van der Waals surface area contributed by atoms with Gasteiger partial charge in [0.05, 0.1) is 0 Å². The van der Waals surface area contributed by atoms with E-state index >= 15 is 0 Å². The largest absolute Gasteiger partial charge is 0.502 e. The number of carbonyl (C=O) groups is 1. The molecule has 2 fully saturated rings. The molecule has 1 saturated carbocycles. The third kappa shape index (κ3) is 6.04. The molecule has 12 heteroatoms. The van der Waals surface area contributed by atoms with Crippen molar-refractivity contribution in [3.05, 3.63) is 80.4 Å². The van der Waals surface area contributed by atoms with Crippen molar-refractivity contribution in [1.29, 1.82) is 0 Å². The number of hydrogen-bond acceptors (Lipinski definition) is 9. The van der Waals surface area contributed by atoms with Gasteiger partial charge in [-0.15, -0.1) is 12.4 Å². The molecule has 3 aromatic carbocycles. The van der Waals surface area contributed by atoms with Crippen LogP contribution in [-0.4, -0.2) is 53.1 Å². The van der Waals surface area contributed by atoms with Crippen LogP contribution in [0, 0.1) is 5.82 Å². The molecule has 0 unspecified atom stereocenters. The Balaban J connectivity index is 0.00000353. The Morgan fingerprint density at radius 2 is 1.60 bits per heavy atom. The van der Waals surface area contributed by atoms with Crippen molar-refractivity contribution in [2.75, 3.05) is 41.7 Å². The monoisotopic (exact) mass is 611 g/mol. The minimum atomic E-state index is -0.919. The summed E-state index contributed by atoms with van der Waals surface area (Å²) in [6.07, 6.45) is 6.48. The Morgan fingerprint density at radius 1 is 0.929 bits per heavy atom. The van der Waals surface area contributed by atoms with Gasteiger partial charge in [0.2, 0.25) is 0 Å². The van der Waals surface area contributed by atoms with Gasteiger partial charge in [-0.3, -0.25) is 24.6 Å². The molecule has 1 aliphatic carbocycles. The van der Waals surface area contributed by atoms with Gasteiger partial charge in [-0.25, -0.2) is 9.37 Å². The second-order valence-electron chi connectivity index (χ2n) is 10.5. The van der Waals surface area contributed by atoms with E-state index in [-0.39, 0.29) is 29.8 Å². The van der Waals surface area contributed by atoms with Crippen molar-refractivity contribution in [2.24, 2.45) is 0 Å². The fraction of sp³-hybridized carbons (Fsp3) is 0.333. The number of amides is 1. The molecule has 1 amide bonds. The molecule has 0 radical (unpaired) electrons. The lowest BCUT2D eigenvalue weighted by atomic mass is 9.94. The molecule has 0 bridgehead atoms. The number of aromatic hydroxyl groups is 1. The van der Waals surface area contributed by atoms with E-state index in [1.165, 1.54) is 55.6 Å². The van der Waals surface area contributed by atoms with Crippen molar-refractivity contribution < 1.29 is 14.3 Å². The highest BCUT2D eigenvalue weighted by Crippen LogP contribution is 2.39. The van der Waals surface area contributed by atoms with E-state index in [0.717, 1.165) is 36.7 Å². The first kappa shape index (κ1) is 29.7. The first-order valence-corrected chi connectivity index (χ1v) is 14.7. The number of anilines is 4. The molecule has 1 aliphatic heterocycles. The number of halogens is 2. The summed E-state index contributed by atoms with van der Waals surface area (Å²) < 4.78 is 13.7. The molecule has 2 heterocycles. The average molecular weight is 612 g/mol. The lowest BCUT2D eigenvalue weighted by Crippen LogP contribution is -2.50. The van der Waals surface area contributed by atoms with Gasteiger partial charge < -0.3 is 15.3 Å². The molecular weight excluding hydrogens is 581 g/mol. The number of aromatic nitrogens is 1. The van der Waals surface area contributed by atoms with Crippen LogP contribution >= 0.6 is 23.7 Å². The molecule has 1 saturated heterocycles. The van der Waals surface area contributed by atoms with E-state index in [2.05, 4.69) is 20.4 Å². The number of carbonyl (C=O) groups excluding carboxylic acids is 1. The average Bonchev–Trinajstić information content (AvgIpc) is 3.44. The maximum Gasteiger partial charge on any atom is 0.271 e. The van der Waals surface area contributed by atoms with Crippen LogP contribution in [0.3, 0.4) is 0 Å². The van der Waals surface area contributed by atoms with Crippen LogP contribution in [0.5, 0.6) is 5.75 Å². The number of nitrogens with one attached hydrogen (secondary N) is 2. The van der Waals surface area contributed by atoms with Gasteiger partial charge in [0.15, 0.2) is 10.9 Å². The lowest BCUT2D eigenvalue weighted by molar-refractivity contribution is 0.102. The molecule has 42 heavy (non-hydrogen) atoms. The van der Waals surface area contributed by atoms with Crippen molar-refractivity contribution >= 4 is 51.2 Å². The molecule has 220 valence electrons. The maximum absolute atomic E-state index is 13.7. The summed E-state index contributed by atoms with van der Waals surface area (Å²) in [5.74, 6) is -1.27. The van der Waals surface area contributed by atoms with Crippen molar-refractivity contribution in [3.63, 3.8) is 0 Å². The van der Waals surface area contributed by atoms with E-state index in [4.69, 9.17) is 4.98 Å². The molecular formula is C30H31ClFN5O4S. The number of piperazine rings is 1. The topological polar surface area (TPSA) is 115 Å². The zero-order chi connectivity index (χ0) is 28.5. The highest BCUT2D eigenvalue weighted by molar-refractivity contribution is 7.20. The fourth-order valence-electron chi connectivity index (χ4n) is 5.63. The molecule has 0 atom stereocenters. The van der Waals surface area contributed by atoms with E-state index in [1.54, 1.807) is 36.4 Å². The van der Waals surface area contributed by atoms with Crippen LogP contribution < -0.4 is 26.4 Å². The van der Waals surface area contributed by atoms with Crippen LogP contribution in [0.4, 0.5) is 25.9 Å². The van der Waals surface area contributed by atoms with E-state index in [0.29, 0.717) is 28.1 Å². The zero-order valence-electron chi connectivity index (χ0n) is 22.8. The minimum Gasteiger partial charge on any atom is -0.502 e. The summed E-state index contributed by atoms with van der Waals surface area (Å²) in [6, 6.07) is 13.2. The van der Waals surface area contributed by atoms with Gasteiger partial charge in [0, 0.05) is 49.0 Å². The van der Waals surface area contributed by atoms with Crippen LogP contribution in [0.2, 0.25) is 0 Å². The molecule has 4 aromatic rings. The summed E-state index contributed by atoms with van der Waals surface area (Å²) in [7, 11) is 0. The van der Waals surface area contributed by atoms with Gasteiger partial charge in [0.25, 0.3) is 16.8 Å². The first-order chi connectivity index (χ1) is 19.9. The Kier molecular flexibility index (Phi) is 8.91. The van der Waals surface area contributed by atoms with Crippen molar-refractivity contribution in [2.45, 2.75) is 38.1 Å². The van der Waals surface area contributed by atoms with E-state index in [1.807, 2.05) is 0 Å². The van der Waals surface area contributed by atoms with Crippen LogP contribution in [0.15, 0.2) is 58.1 Å². The van der Waals surface area contributed by atoms with E-state index < -0.39 is 16.6 Å². The number of hydrogen-bond donors (Lipinski definition) is 3. The van der Waals surface area contributed by atoms with Gasteiger partial charge >= 0.3 is 0 Å². The van der Waals surface area contributed by atoms with Crippen molar-refractivity contribution in [1.82, 2.24) is 9.88 Å². The van der Waals surface area contributed by atoms with Gasteiger partial charge in [0.1, 0.15) is 22.2 Å². The summed E-state index contributed by atoms with van der Waals surface area (Å²) in [5, 5.41) is 16.5. The van der Waals surface area contributed by atoms with Crippen LogP contribution in [-0.2, 0) is 0 Å². The Labute approximate surface area is 252 Å². The van der Waals surface area contributed by atoms with Crippen LogP contribution in [0.25, 0.3) is 11.3 Å². The third-order valence-electron chi connectivity index (χ3n) is 7.94. The minimum absolute atomic E-state index is 0. The number of thiazole rings is 1.